The van der Waals surface area contributed by atoms with Crippen LogP contribution in [0.5, 0.6) is 0 Å². The van der Waals surface area contributed by atoms with E-state index < -0.39 is 0 Å². The third kappa shape index (κ3) is 22.8. The van der Waals surface area contributed by atoms with Gasteiger partial charge in [0, 0.05) is 12.4 Å². The molecule has 0 bridgehead atoms. The van der Waals surface area contributed by atoms with Crippen molar-refractivity contribution in [3.8, 4) is 11.4 Å². The SMILES string of the molecule is CCCCCCCCCCCCCCCCCc1ccc(-c2ccc(CCCCCCCCCCCCCCCCC)cn2)nc1. The van der Waals surface area contributed by atoms with Crippen molar-refractivity contribution in [3.05, 3.63) is 47.8 Å². The lowest BCUT2D eigenvalue weighted by atomic mass is 10.0. The maximum atomic E-state index is 4.75. The van der Waals surface area contributed by atoms with Gasteiger partial charge in [-0.2, -0.15) is 0 Å². The Kier molecular flexibility index (Phi) is 26.9. The molecule has 0 aliphatic heterocycles. The first-order valence-electron chi connectivity index (χ1n) is 20.7. The van der Waals surface area contributed by atoms with E-state index in [1.165, 1.54) is 204 Å². The molecule has 0 aliphatic rings. The summed E-state index contributed by atoms with van der Waals surface area (Å²) in [6, 6.07) is 8.85. The number of nitrogens with zero attached hydrogens (tertiary/aromatic N) is 2. The van der Waals surface area contributed by atoms with Crippen LogP contribution in [0.3, 0.4) is 0 Å². The molecule has 0 saturated carbocycles. The van der Waals surface area contributed by atoms with E-state index >= 15 is 0 Å². The van der Waals surface area contributed by atoms with Gasteiger partial charge in [0.1, 0.15) is 0 Å². The van der Waals surface area contributed by atoms with Gasteiger partial charge in [0.05, 0.1) is 11.4 Å². The highest BCUT2D eigenvalue weighted by molar-refractivity contribution is 5.54. The Morgan fingerprint density at radius 1 is 0.304 bits per heavy atom. The highest BCUT2D eigenvalue weighted by atomic mass is 14.8. The Bertz CT molecular complexity index is 812. The molecule has 0 amide bonds. The fourth-order valence-corrected chi connectivity index (χ4v) is 6.85. The van der Waals surface area contributed by atoms with Crippen molar-refractivity contribution in [1.82, 2.24) is 9.97 Å². The molecule has 2 nitrogen and oxygen atoms in total. The van der Waals surface area contributed by atoms with Crippen LogP contribution in [-0.2, 0) is 12.8 Å². The van der Waals surface area contributed by atoms with Crippen LogP contribution in [0.4, 0.5) is 0 Å². The number of aromatic nitrogens is 2. The molecule has 2 aromatic heterocycles. The first-order valence-corrected chi connectivity index (χ1v) is 20.7. The van der Waals surface area contributed by atoms with Crippen LogP contribution in [-0.4, -0.2) is 9.97 Å². The molecule has 2 heterocycles. The van der Waals surface area contributed by atoms with Gasteiger partial charge in [-0.05, 0) is 48.9 Å². The van der Waals surface area contributed by atoms with Gasteiger partial charge in [0.2, 0.25) is 0 Å². The van der Waals surface area contributed by atoms with Crippen LogP contribution in [0, 0.1) is 0 Å². The van der Waals surface area contributed by atoms with E-state index in [1.807, 2.05) is 0 Å². The van der Waals surface area contributed by atoms with Gasteiger partial charge in [0.15, 0.2) is 0 Å². The van der Waals surface area contributed by atoms with Gasteiger partial charge < -0.3 is 0 Å². The van der Waals surface area contributed by atoms with Crippen molar-refractivity contribution >= 4 is 0 Å². The van der Waals surface area contributed by atoms with E-state index in [2.05, 4.69) is 50.5 Å². The van der Waals surface area contributed by atoms with Gasteiger partial charge in [-0.3, -0.25) is 9.97 Å². The van der Waals surface area contributed by atoms with Crippen molar-refractivity contribution in [2.24, 2.45) is 0 Å². The zero-order chi connectivity index (χ0) is 32.6. The summed E-state index contributed by atoms with van der Waals surface area (Å²) in [6.45, 7) is 4.60. The van der Waals surface area contributed by atoms with E-state index in [4.69, 9.17) is 9.97 Å². The molecule has 2 heteroatoms. The lowest BCUT2D eigenvalue weighted by molar-refractivity contribution is 0.532. The average Bonchev–Trinajstić information content (AvgIpc) is 3.09. The molecule has 0 fully saturated rings. The summed E-state index contributed by atoms with van der Waals surface area (Å²) in [5, 5.41) is 0. The Hall–Kier alpha value is -1.70. The molecule has 46 heavy (non-hydrogen) atoms. The third-order valence-electron chi connectivity index (χ3n) is 10.0. The summed E-state index contributed by atoms with van der Waals surface area (Å²) in [5.74, 6) is 0. The summed E-state index contributed by atoms with van der Waals surface area (Å²) in [6.07, 6.45) is 49.0. The summed E-state index contributed by atoms with van der Waals surface area (Å²) in [7, 11) is 0. The zero-order valence-electron chi connectivity index (χ0n) is 31.0. The van der Waals surface area contributed by atoms with Crippen LogP contribution in [0.15, 0.2) is 36.7 Å². The number of pyridine rings is 2. The minimum Gasteiger partial charge on any atom is -0.254 e. The fourth-order valence-electron chi connectivity index (χ4n) is 6.85. The minimum atomic E-state index is 0.999. The van der Waals surface area contributed by atoms with Gasteiger partial charge in [0.25, 0.3) is 0 Å². The molecule has 0 radical (unpaired) electrons. The van der Waals surface area contributed by atoms with Gasteiger partial charge in [-0.1, -0.05) is 206 Å². The molecule has 0 unspecified atom stereocenters. The van der Waals surface area contributed by atoms with Crippen molar-refractivity contribution in [3.63, 3.8) is 0 Å². The quantitative estimate of drug-likeness (QED) is 0.0732. The van der Waals surface area contributed by atoms with Crippen molar-refractivity contribution in [2.45, 2.75) is 219 Å². The maximum Gasteiger partial charge on any atom is 0.0886 e. The molecule has 0 N–H and O–H groups in total. The van der Waals surface area contributed by atoms with Crippen molar-refractivity contribution < 1.29 is 0 Å². The maximum absolute atomic E-state index is 4.75. The molecule has 0 saturated heterocycles. The van der Waals surface area contributed by atoms with E-state index in [-0.39, 0.29) is 0 Å². The Balaban J connectivity index is 1.41. The highest BCUT2D eigenvalue weighted by Crippen LogP contribution is 2.19. The second-order valence-corrected chi connectivity index (χ2v) is 14.5. The Morgan fingerprint density at radius 3 is 0.761 bits per heavy atom. The molecular formula is C44H76N2. The molecule has 2 rings (SSSR count). The second kappa shape index (κ2) is 30.6. The number of unbranched alkanes of at least 4 members (excludes halogenated alkanes) is 28. The lowest BCUT2D eigenvalue weighted by Crippen LogP contribution is -1.93. The van der Waals surface area contributed by atoms with Gasteiger partial charge >= 0.3 is 0 Å². The van der Waals surface area contributed by atoms with E-state index in [0.717, 1.165) is 24.2 Å². The zero-order valence-corrected chi connectivity index (χ0v) is 31.0. The molecule has 262 valence electrons. The van der Waals surface area contributed by atoms with Crippen molar-refractivity contribution in [2.75, 3.05) is 0 Å². The van der Waals surface area contributed by atoms with E-state index in [1.54, 1.807) is 0 Å². The monoisotopic (exact) mass is 633 g/mol. The number of hydrogen-bond acceptors (Lipinski definition) is 2. The fraction of sp³-hybridized carbons (Fsp3) is 0.773. The van der Waals surface area contributed by atoms with Gasteiger partial charge in [-0.25, -0.2) is 0 Å². The van der Waals surface area contributed by atoms with Crippen LogP contribution in [0.2, 0.25) is 0 Å². The predicted octanol–water partition coefficient (Wildman–Crippen LogP) is 15.0. The largest absolute Gasteiger partial charge is 0.254 e. The number of rotatable bonds is 33. The van der Waals surface area contributed by atoms with Crippen molar-refractivity contribution in [1.29, 1.82) is 0 Å². The molecule has 0 aromatic carbocycles. The lowest BCUT2D eigenvalue weighted by Gasteiger charge is -2.06. The first kappa shape index (κ1) is 40.5. The summed E-state index contributed by atoms with van der Waals surface area (Å²) in [4.78, 5) is 9.50. The second-order valence-electron chi connectivity index (χ2n) is 14.5. The van der Waals surface area contributed by atoms with Crippen LogP contribution >= 0.6 is 0 Å². The molecule has 0 atom stereocenters. The average molecular weight is 633 g/mol. The van der Waals surface area contributed by atoms with Crippen LogP contribution in [0.1, 0.15) is 218 Å². The summed E-state index contributed by atoms with van der Waals surface area (Å²) >= 11 is 0. The number of hydrogen-bond donors (Lipinski definition) is 0. The third-order valence-corrected chi connectivity index (χ3v) is 10.0. The van der Waals surface area contributed by atoms with E-state index in [9.17, 15) is 0 Å². The van der Waals surface area contributed by atoms with Crippen LogP contribution in [0.25, 0.3) is 11.4 Å². The highest BCUT2D eigenvalue weighted by Gasteiger charge is 2.03. The molecule has 2 aromatic rings. The molecule has 0 aliphatic carbocycles. The van der Waals surface area contributed by atoms with Gasteiger partial charge in [-0.15, -0.1) is 0 Å². The number of aryl methyl sites for hydroxylation is 2. The van der Waals surface area contributed by atoms with E-state index in [0.29, 0.717) is 0 Å². The predicted molar refractivity (Wildman–Crippen MR) is 205 cm³/mol. The molecule has 0 spiro atoms. The van der Waals surface area contributed by atoms with Crippen LogP contribution < -0.4 is 0 Å². The summed E-state index contributed by atoms with van der Waals surface area (Å²) in [5.41, 5.74) is 4.73. The minimum absolute atomic E-state index is 0.999. The topological polar surface area (TPSA) is 25.8 Å². The Morgan fingerprint density at radius 2 is 0.543 bits per heavy atom. The normalized spacial score (nSPS) is 11.4. The Labute approximate surface area is 287 Å². The standard InChI is InChI=1S/C44H76N2/c1-3-5-7-9-11-13-15-17-19-21-23-25-27-29-31-33-41-35-37-43(45-39-41)44-38-36-42(40-46-44)34-32-30-28-26-24-22-20-18-16-14-12-10-8-6-4-2/h35-40H,3-34H2,1-2H3. The molecular weight excluding hydrogens is 556 g/mol. The summed E-state index contributed by atoms with van der Waals surface area (Å²) < 4.78 is 0. The smallest absolute Gasteiger partial charge is 0.0886 e. The first-order chi connectivity index (χ1) is 22.8.